The number of amides is 1. The van der Waals surface area contributed by atoms with Gasteiger partial charge in [-0.05, 0) is 51.5 Å². The molecule has 3 rings (SSSR count). The predicted molar refractivity (Wildman–Crippen MR) is 106 cm³/mol. The SMILES string of the molecule is Cc1cccnc1NC(=O)C(C)OC(=O)c1ccc(-c2nc(C)c(C)[nH]2)cc1. The van der Waals surface area contributed by atoms with Crippen LogP contribution in [-0.2, 0) is 9.53 Å². The Morgan fingerprint density at radius 3 is 2.43 bits per heavy atom. The summed E-state index contributed by atoms with van der Waals surface area (Å²) in [5.41, 5.74) is 3.98. The number of aryl methyl sites for hydroxylation is 3. The molecule has 1 atom stereocenters. The van der Waals surface area contributed by atoms with Crippen LogP contribution in [-0.4, -0.2) is 32.9 Å². The molecule has 1 unspecified atom stereocenters. The van der Waals surface area contributed by atoms with E-state index in [1.165, 1.54) is 6.92 Å². The third kappa shape index (κ3) is 4.25. The number of nitrogens with zero attached hydrogens (tertiary/aromatic N) is 2. The van der Waals surface area contributed by atoms with Crippen LogP contribution in [0.1, 0.15) is 34.2 Å². The number of hydrogen-bond donors (Lipinski definition) is 2. The van der Waals surface area contributed by atoms with Crippen molar-refractivity contribution in [2.45, 2.75) is 33.8 Å². The topological polar surface area (TPSA) is 97.0 Å². The first kappa shape index (κ1) is 19.3. The monoisotopic (exact) mass is 378 g/mol. The zero-order chi connectivity index (χ0) is 20.3. The van der Waals surface area contributed by atoms with Gasteiger partial charge in [0.25, 0.3) is 5.91 Å². The van der Waals surface area contributed by atoms with Gasteiger partial charge in [-0.3, -0.25) is 4.79 Å². The van der Waals surface area contributed by atoms with Gasteiger partial charge in [0.2, 0.25) is 0 Å². The van der Waals surface area contributed by atoms with E-state index in [2.05, 4.69) is 20.3 Å². The number of hydrogen-bond acceptors (Lipinski definition) is 5. The molecule has 7 nitrogen and oxygen atoms in total. The highest BCUT2D eigenvalue weighted by Gasteiger charge is 2.20. The quantitative estimate of drug-likeness (QED) is 0.662. The Bertz CT molecular complexity index is 989. The maximum atomic E-state index is 12.3. The Morgan fingerprint density at radius 1 is 1.11 bits per heavy atom. The van der Waals surface area contributed by atoms with Crippen molar-refractivity contribution in [1.29, 1.82) is 0 Å². The van der Waals surface area contributed by atoms with Gasteiger partial charge >= 0.3 is 5.97 Å². The fraction of sp³-hybridized carbons (Fsp3) is 0.238. The Kier molecular flexibility index (Phi) is 5.54. The van der Waals surface area contributed by atoms with Crippen molar-refractivity contribution in [3.63, 3.8) is 0 Å². The van der Waals surface area contributed by atoms with Crippen LogP contribution in [0.2, 0.25) is 0 Å². The van der Waals surface area contributed by atoms with Crippen molar-refractivity contribution < 1.29 is 14.3 Å². The summed E-state index contributed by atoms with van der Waals surface area (Å²) in [6, 6.07) is 10.5. The van der Waals surface area contributed by atoms with Crippen LogP contribution in [0.3, 0.4) is 0 Å². The van der Waals surface area contributed by atoms with E-state index in [0.29, 0.717) is 11.4 Å². The molecule has 0 aliphatic heterocycles. The fourth-order valence-corrected chi connectivity index (χ4v) is 2.57. The molecule has 0 fully saturated rings. The summed E-state index contributed by atoms with van der Waals surface area (Å²) in [5.74, 6) is 0.184. The first-order valence-corrected chi connectivity index (χ1v) is 8.92. The van der Waals surface area contributed by atoms with Crippen LogP contribution < -0.4 is 5.32 Å². The maximum Gasteiger partial charge on any atom is 0.338 e. The van der Waals surface area contributed by atoms with Gasteiger partial charge < -0.3 is 15.0 Å². The average molecular weight is 378 g/mol. The molecule has 1 aromatic carbocycles. The Labute approximate surface area is 163 Å². The smallest absolute Gasteiger partial charge is 0.338 e. The first-order valence-electron chi connectivity index (χ1n) is 8.92. The van der Waals surface area contributed by atoms with E-state index in [4.69, 9.17) is 4.74 Å². The van der Waals surface area contributed by atoms with Crippen LogP contribution in [0.4, 0.5) is 5.82 Å². The molecular weight excluding hydrogens is 356 g/mol. The minimum absolute atomic E-state index is 0.359. The van der Waals surface area contributed by atoms with Crippen molar-refractivity contribution in [2.24, 2.45) is 0 Å². The van der Waals surface area contributed by atoms with E-state index in [-0.39, 0.29) is 0 Å². The van der Waals surface area contributed by atoms with Crippen molar-refractivity contribution in [1.82, 2.24) is 15.0 Å². The number of pyridine rings is 1. The number of esters is 1. The molecule has 0 saturated carbocycles. The highest BCUT2D eigenvalue weighted by atomic mass is 16.5. The third-order valence-corrected chi connectivity index (χ3v) is 4.43. The lowest BCUT2D eigenvalue weighted by Gasteiger charge is -2.14. The minimum Gasteiger partial charge on any atom is -0.449 e. The second kappa shape index (κ2) is 8.04. The molecule has 2 aromatic heterocycles. The van der Waals surface area contributed by atoms with Crippen LogP contribution in [0, 0.1) is 20.8 Å². The zero-order valence-corrected chi connectivity index (χ0v) is 16.2. The normalized spacial score (nSPS) is 11.7. The lowest BCUT2D eigenvalue weighted by molar-refractivity contribution is -0.123. The van der Waals surface area contributed by atoms with Crippen molar-refractivity contribution in [3.05, 3.63) is 65.1 Å². The van der Waals surface area contributed by atoms with Crippen molar-refractivity contribution >= 4 is 17.7 Å². The van der Waals surface area contributed by atoms with E-state index >= 15 is 0 Å². The molecule has 28 heavy (non-hydrogen) atoms. The van der Waals surface area contributed by atoms with E-state index in [1.54, 1.807) is 36.5 Å². The maximum absolute atomic E-state index is 12.3. The molecule has 0 aliphatic carbocycles. The number of H-pyrrole nitrogens is 1. The number of anilines is 1. The number of carbonyl (C=O) groups excluding carboxylic acids is 2. The van der Waals surface area contributed by atoms with Gasteiger partial charge in [-0.1, -0.05) is 18.2 Å². The Hall–Kier alpha value is -3.48. The number of benzene rings is 1. The number of aromatic amines is 1. The summed E-state index contributed by atoms with van der Waals surface area (Å²) in [6.07, 6.45) is 0.631. The molecule has 2 heterocycles. The summed E-state index contributed by atoms with van der Waals surface area (Å²) >= 11 is 0. The number of aromatic nitrogens is 3. The second-order valence-electron chi connectivity index (χ2n) is 6.58. The molecule has 7 heteroatoms. The van der Waals surface area contributed by atoms with Crippen molar-refractivity contribution in [3.8, 4) is 11.4 Å². The number of carbonyl (C=O) groups is 2. The molecule has 144 valence electrons. The molecule has 0 radical (unpaired) electrons. The summed E-state index contributed by atoms with van der Waals surface area (Å²) in [7, 11) is 0. The Balaban J connectivity index is 1.63. The molecule has 2 N–H and O–H groups in total. The molecule has 0 bridgehead atoms. The van der Waals surface area contributed by atoms with Crippen LogP contribution in [0.15, 0.2) is 42.6 Å². The van der Waals surface area contributed by atoms with Gasteiger partial charge in [0.15, 0.2) is 6.10 Å². The number of ether oxygens (including phenoxy) is 1. The van der Waals surface area contributed by atoms with Gasteiger partial charge in [0.1, 0.15) is 11.6 Å². The lowest BCUT2D eigenvalue weighted by Crippen LogP contribution is -2.30. The first-order chi connectivity index (χ1) is 13.3. The van der Waals surface area contributed by atoms with E-state index < -0.39 is 18.0 Å². The Morgan fingerprint density at radius 2 is 1.82 bits per heavy atom. The summed E-state index contributed by atoms with van der Waals surface area (Å²) in [6.45, 7) is 7.24. The molecular formula is C21H22N4O3. The molecule has 0 aliphatic rings. The third-order valence-electron chi connectivity index (χ3n) is 4.43. The molecule has 3 aromatic rings. The van der Waals surface area contributed by atoms with Gasteiger partial charge in [0, 0.05) is 17.5 Å². The van der Waals surface area contributed by atoms with Gasteiger partial charge in [0.05, 0.1) is 11.3 Å². The van der Waals surface area contributed by atoms with Gasteiger partial charge in [-0.15, -0.1) is 0 Å². The average Bonchev–Trinajstić information content (AvgIpc) is 3.02. The van der Waals surface area contributed by atoms with Gasteiger partial charge in [-0.2, -0.15) is 0 Å². The highest BCUT2D eigenvalue weighted by Crippen LogP contribution is 2.19. The largest absolute Gasteiger partial charge is 0.449 e. The molecule has 0 spiro atoms. The summed E-state index contributed by atoms with van der Waals surface area (Å²) in [4.78, 5) is 36.4. The van der Waals surface area contributed by atoms with Crippen LogP contribution >= 0.6 is 0 Å². The number of nitrogens with one attached hydrogen (secondary N) is 2. The fourth-order valence-electron chi connectivity index (χ4n) is 2.57. The minimum atomic E-state index is -0.955. The molecule has 0 saturated heterocycles. The van der Waals surface area contributed by atoms with Gasteiger partial charge in [-0.25, -0.2) is 14.8 Å². The van der Waals surface area contributed by atoms with E-state index in [9.17, 15) is 9.59 Å². The molecule has 1 amide bonds. The summed E-state index contributed by atoms with van der Waals surface area (Å²) < 4.78 is 5.28. The van der Waals surface area contributed by atoms with Crippen LogP contribution in [0.25, 0.3) is 11.4 Å². The number of rotatable bonds is 5. The number of imidazole rings is 1. The van der Waals surface area contributed by atoms with E-state index in [0.717, 1.165) is 28.3 Å². The van der Waals surface area contributed by atoms with Crippen LogP contribution in [0.5, 0.6) is 0 Å². The second-order valence-corrected chi connectivity index (χ2v) is 6.58. The lowest BCUT2D eigenvalue weighted by atomic mass is 10.1. The van der Waals surface area contributed by atoms with E-state index in [1.807, 2.05) is 26.8 Å². The van der Waals surface area contributed by atoms with Crippen molar-refractivity contribution in [2.75, 3.05) is 5.32 Å². The highest BCUT2D eigenvalue weighted by molar-refractivity contribution is 5.97. The standard InChI is InChI=1S/C21H22N4O3/c1-12-6-5-11-22-18(12)25-20(26)15(4)28-21(27)17-9-7-16(8-10-17)19-23-13(2)14(3)24-19/h5-11,15H,1-4H3,(H,23,24)(H,22,25,26). The summed E-state index contributed by atoms with van der Waals surface area (Å²) in [5, 5.41) is 2.67. The predicted octanol–water partition coefficient (Wildman–Crippen LogP) is 3.58. The zero-order valence-electron chi connectivity index (χ0n) is 16.2.